The second-order valence-corrected chi connectivity index (χ2v) is 4.93. The summed E-state index contributed by atoms with van der Waals surface area (Å²) in [6.07, 6.45) is 3.37. The van der Waals surface area contributed by atoms with Gasteiger partial charge in [0.1, 0.15) is 5.02 Å². The summed E-state index contributed by atoms with van der Waals surface area (Å²) in [6.45, 7) is 3.59. The second-order valence-electron chi connectivity index (χ2n) is 4.55. The van der Waals surface area contributed by atoms with Crippen molar-refractivity contribution in [3.63, 3.8) is 0 Å². The van der Waals surface area contributed by atoms with Crippen LogP contribution in [0.25, 0.3) is 0 Å². The average Bonchev–Trinajstić information content (AvgIpc) is 2.33. The molecule has 0 aliphatic carbocycles. The zero-order chi connectivity index (χ0) is 12.5. The molecule has 6 heteroatoms. The first kappa shape index (κ1) is 12.4. The minimum absolute atomic E-state index is 0.146. The van der Waals surface area contributed by atoms with Gasteiger partial charge in [-0.15, -0.1) is 0 Å². The summed E-state index contributed by atoms with van der Waals surface area (Å²) < 4.78 is 5.50. The molecule has 0 spiro atoms. The van der Waals surface area contributed by atoms with Gasteiger partial charge in [-0.05, 0) is 19.8 Å². The van der Waals surface area contributed by atoms with Crippen LogP contribution >= 0.6 is 11.6 Å². The van der Waals surface area contributed by atoms with Crippen molar-refractivity contribution >= 4 is 17.4 Å². The van der Waals surface area contributed by atoms with Gasteiger partial charge in [0.05, 0.1) is 11.9 Å². The van der Waals surface area contributed by atoms with Crippen LogP contribution in [0.4, 0.5) is 5.82 Å². The molecule has 1 aliphatic rings. The van der Waals surface area contributed by atoms with Crippen molar-refractivity contribution in [1.82, 2.24) is 9.97 Å². The van der Waals surface area contributed by atoms with Crippen LogP contribution in [0, 0.1) is 0 Å². The number of piperidine rings is 1. The van der Waals surface area contributed by atoms with Gasteiger partial charge in [-0.3, -0.25) is 4.79 Å². The first-order chi connectivity index (χ1) is 8.06. The summed E-state index contributed by atoms with van der Waals surface area (Å²) in [5.41, 5.74) is -0.507. The lowest BCUT2D eigenvalue weighted by molar-refractivity contribution is -0.00481. The van der Waals surface area contributed by atoms with Gasteiger partial charge < -0.3 is 14.6 Å². The highest BCUT2D eigenvalue weighted by Gasteiger charge is 2.32. The Labute approximate surface area is 105 Å². The molecule has 0 saturated carbocycles. The predicted octanol–water partition coefficient (Wildman–Crippen LogP) is 1.43. The van der Waals surface area contributed by atoms with E-state index in [1.807, 2.05) is 4.90 Å². The van der Waals surface area contributed by atoms with E-state index in [-0.39, 0.29) is 16.2 Å². The molecular formula is C11H16ClN3O2. The van der Waals surface area contributed by atoms with E-state index in [0.717, 1.165) is 19.4 Å². The number of methoxy groups -OCH3 is 1. The lowest BCUT2D eigenvalue weighted by atomic mass is 9.95. The third kappa shape index (κ3) is 2.45. The van der Waals surface area contributed by atoms with E-state index in [9.17, 15) is 4.79 Å². The smallest absolute Gasteiger partial charge is 0.271 e. The molecule has 5 nitrogen and oxygen atoms in total. The molecule has 1 unspecified atom stereocenters. The Morgan fingerprint density at radius 1 is 1.65 bits per heavy atom. The quantitative estimate of drug-likeness (QED) is 0.871. The molecule has 1 aromatic heterocycles. The van der Waals surface area contributed by atoms with E-state index in [1.165, 1.54) is 6.33 Å². The first-order valence-corrected chi connectivity index (χ1v) is 5.97. The van der Waals surface area contributed by atoms with E-state index in [1.54, 1.807) is 7.11 Å². The number of rotatable bonds is 2. The van der Waals surface area contributed by atoms with Crippen LogP contribution in [-0.2, 0) is 4.74 Å². The van der Waals surface area contributed by atoms with Gasteiger partial charge in [0.25, 0.3) is 5.56 Å². The fourth-order valence-electron chi connectivity index (χ4n) is 2.15. The van der Waals surface area contributed by atoms with E-state index in [4.69, 9.17) is 16.3 Å². The van der Waals surface area contributed by atoms with Crippen LogP contribution in [0.3, 0.4) is 0 Å². The van der Waals surface area contributed by atoms with Gasteiger partial charge in [-0.25, -0.2) is 4.98 Å². The zero-order valence-corrected chi connectivity index (χ0v) is 10.8. The lowest BCUT2D eigenvalue weighted by Crippen LogP contribution is -2.48. The molecule has 1 N–H and O–H groups in total. The molecule has 0 bridgehead atoms. The third-order valence-corrected chi connectivity index (χ3v) is 3.57. The molecule has 2 rings (SSSR count). The minimum Gasteiger partial charge on any atom is -0.377 e. The Morgan fingerprint density at radius 2 is 2.41 bits per heavy atom. The Kier molecular flexibility index (Phi) is 3.40. The van der Waals surface area contributed by atoms with Gasteiger partial charge in [0.15, 0.2) is 5.82 Å². The molecule has 1 atom stereocenters. The topological polar surface area (TPSA) is 58.2 Å². The highest BCUT2D eigenvalue weighted by atomic mass is 35.5. The Hall–Kier alpha value is -1.07. The highest BCUT2D eigenvalue weighted by molar-refractivity contribution is 6.32. The van der Waals surface area contributed by atoms with E-state index in [2.05, 4.69) is 16.9 Å². The van der Waals surface area contributed by atoms with Crippen molar-refractivity contribution in [3.8, 4) is 0 Å². The number of nitrogens with zero attached hydrogens (tertiary/aromatic N) is 2. The number of ether oxygens (including phenoxy) is 1. The summed E-state index contributed by atoms with van der Waals surface area (Å²) in [4.78, 5) is 20.0. The summed E-state index contributed by atoms with van der Waals surface area (Å²) in [5.74, 6) is 0.540. The van der Waals surface area contributed by atoms with Gasteiger partial charge in [0.2, 0.25) is 0 Å². The summed E-state index contributed by atoms with van der Waals surface area (Å²) in [6, 6.07) is 0. The van der Waals surface area contributed by atoms with Crippen molar-refractivity contribution in [1.29, 1.82) is 0 Å². The van der Waals surface area contributed by atoms with Crippen molar-refractivity contribution in [2.75, 3.05) is 25.1 Å². The van der Waals surface area contributed by atoms with Gasteiger partial charge in [-0.2, -0.15) is 0 Å². The number of hydrogen-bond acceptors (Lipinski definition) is 4. The molecule has 0 radical (unpaired) electrons. The Balaban J connectivity index is 2.28. The second kappa shape index (κ2) is 4.66. The molecule has 1 saturated heterocycles. The van der Waals surface area contributed by atoms with Crippen LogP contribution in [-0.4, -0.2) is 35.8 Å². The maximum absolute atomic E-state index is 11.4. The summed E-state index contributed by atoms with van der Waals surface area (Å²) in [7, 11) is 1.70. The average molecular weight is 258 g/mol. The number of halogens is 1. The van der Waals surface area contributed by atoms with Crippen LogP contribution in [0.15, 0.2) is 11.1 Å². The molecule has 0 aromatic carbocycles. The number of nitrogens with one attached hydrogen (secondary N) is 1. The van der Waals surface area contributed by atoms with Gasteiger partial charge in [0, 0.05) is 20.2 Å². The van der Waals surface area contributed by atoms with Crippen LogP contribution in [0.2, 0.25) is 5.02 Å². The predicted molar refractivity (Wildman–Crippen MR) is 66.7 cm³/mol. The van der Waals surface area contributed by atoms with Gasteiger partial charge in [-0.1, -0.05) is 11.6 Å². The minimum atomic E-state index is -0.304. The number of aromatic nitrogens is 2. The van der Waals surface area contributed by atoms with Crippen LogP contribution in [0.1, 0.15) is 19.8 Å². The van der Waals surface area contributed by atoms with Crippen molar-refractivity contribution in [3.05, 3.63) is 21.7 Å². The summed E-state index contributed by atoms with van der Waals surface area (Å²) in [5, 5.41) is 0.146. The maximum Gasteiger partial charge on any atom is 0.271 e. The maximum atomic E-state index is 11.4. The third-order valence-electron chi connectivity index (χ3n) is 3.23. The Morgan fingerprint density at radius 3 is 3.12 bits per heavy atom. The van der Waals surface area contributed by atoms with Crippen LogP contribution in [0.5, 0.6) is 0 Å². The van der Waals surface area contributed by atoms with Crippen molar-refractivity contribution in [2.45, 2.75) is 25.4 Å². The molecule has 1 aromatic rings. The highest BCUT2D eigenvalue weighted by Crippen LogP contribution is 2.28. The normalized spacial score (nSPS) is 25.0. The van der Waals surface area contributed by atoms with E-state index < -0.39 is 0 Å². The molecule has 0 amide bonds. The number of H-pyrrole nitrogens is 1. The molecule has 1 aliphatic heterocycles. The standard InChI is InChI=1S/C11H16ClN3O2/c1-11(17-2)4-3-5-15(6-11)9-8(12)10(16)14-7-13-9/h7H,3-6H2,1-2H3,(H,13,14,16). The fraction of sp³-hybridized carbons (Fsp3) is 0.636. The van der Waals surface area contributed by atoms with Crippen molar-refractivity contribution < 1.29 is 4.74 Å². The number of aromatic amines is 1. The first-order valence-electron chi connectivity index (χ1n) is 5.59. The molecule has 17 heavy (non-hydrogen) atoms. The fourth-order valence-corrected chi connectivity index (χ4v) is 2.37. The summed E-state index contributed by atoms with van der Waals surface area (Å²) >= 11 is 5.97. The van der Waals surface area contributed by atoms with E-state index in [0.29, 0.717) is 12.4 Å². The molecule has 94 valence electrons. The molecule has 1 fully saturated rings. The SMILES string of the molecule is COC1(C)CCCN(c2nc[nH]c(=O)c2Cl)C1. The number of anilines is 1. The van der Waals surface area contributed by atoms with Crippen LogP contribution < -0.4 is 10.5 Å². The largest absolute Gasteiger partial charge is 0.377 e. The van der Waals surface area contributed by atoms with Gasteiger partial charge >= 0.3 is 0 Å². The molecular weight excluding hydrogens is 242 g/mol. The monoisotopic (exact) mass is 257 g/mol. The zero-order valence-electron chi connectivity index (χ0n) is 9.99. The number of hydrogen-bond donors (Lipinski definition) is 1. The molecule has 2 heterocycles. The van der Waals surface area contributed by atoms with E-state index >= 15 is 0 Å². The van der Waals surface area contributed by atoms with Crippen molar-refractivity contribution in [2.24, 2.45) is 0 Å². The Bertz CT molecular complexity index is 462. The lowest BCUT2D eigenvalue weighted by Gasteiger charge is -2.40.